The number of fused-ring (bicyclic) bond motifs is 1. The highest BCUT2D eigenvalue weighted by Crippen LogP contribution is 2.26. The lowest BCUT2D eigenvalue weighted by atomic mass is 10.1. The number of hydrogen-bond acceptors (Lipinski definition) is 3. The Morgan fingerprint density at radius 1 is 1.11 bits per heavy atom. The largest absolute Gasteiger partial charge is 0.396 e. The van der Waals surface area contributed by atoms with E-state index in [1.54, 1.807) is 0 Å². The van der Waals surface area contributed by atoms with Gasteiger partial charge in [-0.05, 0) is 31.4 Å². The highest BCUT2D eigenvalue weighted by atomic mass is 16.2. The molecule has 0 spiro atoms. The third kappa shape index (κ3) is 3.80. The number of anilines is 1. The van der Waals surface area contributed by atoms with Crippen molar-refractivity contribution >= 4 is 11.5 Å². The second-order valence-corrected chi connectivity index (χ2v) is 5.17. The number of nitrogens with zero attached hydrogens (tertiary/aromatic N) is 1. The Morgan fingerprint density at radius 2 is 1.89 bits per heavy atom. The minimum absolute atomic E-state index is 0.276. The molecule has 1 N–H and O–H groups in total. The highest BCUT2D eigenvalue weighted by molar-refractivity contribution is 6.01. The molecule has 1 heterocycles. The van der Waals surface area contributed by atoms with E-state index in [2.05, 4.69) is 11.0 Å². The molecule has 0 saturated carbocycles. The van der Waals surface area contributed by atoms with E-state index in [1.807, 2.05) is 18.2 Å². The fraction of sp³-hybridized carbons (Fsp3) is 0.562. The molecule has 0 unspecified atom stereocenters. The van der Waals surface area contributed by atoms with E-state index in [0.29, 0.717) is 13.0 Å². The zero-order valence-corrected chi connectivity index (χ0v) is 11.5. The molecule has 2 rings (SSSR count). The van der Waals surface area contributed by atoms with E-state index in [-0.39, 0.29) is 5.78 Å². The van der Waals surface area contributed by atoms with Crippen molar-refractivity contribution in [2.75, 3.05) is 24.6 Å². The Balaban J connectivity index is 1.96. The SMILES string of the molecule is O=C1CCCN(CCCCCCO)c2ccccc21. The topological polar surface area (TPSA) is 40.5 Å². The second-order valence-electron chi connectivity index (χ2n) is 5.17. The molecular weight excluding hydrogens is 238 g/mol. The zero-order chi connectivity index (χ0) is 13.5. The minimum atomic E-state index is 0.276. The minimum Gasteiger partial charge on any atom is -0.396 e. The molecule has 0 bridgehead atoms. The molecule has 0 amide bonds. The average molecular weight is 261 g/mol. The summed E-state index contributed by atoms with van der Waals surface area (Å²) in [5.41, 5.74) is 1.99. The van der Waals surface area contributed by atoms with Gasteiger partial charge in [-0.3, -0.25) is 4.79 Å². The molecule has 0 atom stereocenters. The summed E-state index contributed by atoms with van der Waals surface area (Å²) < 4.78 is 0. The first-order chi connectivity index (χ1) is 9.33. The Kier molecular flexibility index (Phi) is 5.40. The highest BCUT2D eigenvalue weighted by Gasteiger charge is 2.19. The molecular formula is C16H23NO2. The third-order valence-corrected chi connectivity index (χ3v) is 3.71. The Hall–Kier alpha value is -1.35. The number of para-hydroxylation sites is 1. The summed E-state index contributed by atoms with van der Waals surface area (Å²) in [4.78, 5) is 14.4. The Labute approximate surface area is 115 Å². The number of hydrogen-bond donors (Lipinski definition) is 1. The maximum absolute atomic E-state index is 12.0. The van der Waals surface area contributed by atoms with Gasteiger partial charge in [0.2, 0.25) is 0 Å². The number of carbonyl (C=O) groups is 1. The molecule has 1 aromatic rings. The predicted molar refractivity (Wildman–Crippen MR) is 77.8 cm³/mol. The molecule has 0 radical (unpaired) electrons. The Bertz CT molecular complexity index is 417. The van der Waals surface area contributed by atoms with E-state index in [9.17, 15) is 4.79 Å². The number of rotatable bonds is 6. The molecule has 0 aromatic heterocycles. The molecule has 104 valence electrons. The summed E-state index contributed by atoms with van der Waals surface area (Å²) in [5.74, 6) is 0.276. The van der Waals surface area contributed by atoms with Crippen LogP contribution in [0.2, 0.25) is 0 Å². The van der Waals surface area contributed by atoms with Gasteiger partial charge in [-0.1, -0.05) is 25.0 Å². The van der Waals surface area contributed by atoms with Gasteiger partial charge >= 0.3 is 0 Å². The first kappa shape index (κ1) is 14.1. The predicted octanol–water partition coefficient (Wildman–Crippen LogP) is 3.02. The van der Waals surface area contributed by atoms with Crippen LogP contribution in [0.5, 0.6) is 0 Å². The smallest absolute Gasteiger partial charge is 0.165 e. The number of unbranched alkanes of at least 4 members (excludes halogenated alkanes) is 3. The molecule has 1 aliphatic rings. The number of ketones is 1. The number of benzene rings is 1. The Morgan fingerprint density at radius 3 is 2.74 bits per heavy atom. The monoisotopic (exact) mass is 261 g/mol. The van der Waals surface area contributed by atoms with Crippen LogP contribution in [-0.2, 0) is 0 Å². The summed E-state index contributed by atoms with van der Waals surface area (Å²) in [6.45, 7) is 2.28. The fourth-order valence-corrected chi connectivity index (χ4v) is 2.67. The van der Waals surface area contributed by atoms with Gasteiger partial charge in [-0.25, -0.2) is 0 Å². The standard InChI is InChI=1S/C16H23NO2/c18-13-6-2-1-5-11-17-12-7-10-16(19)14-8-3-4-9-15(14)17/h3-4,8-9,18H,1-2,5-7,10-13H2. The van der Waals surface area contributed by atoms with E-state index < -0.39 is 0 Å². The van der Waals surface area contributed by atoms with E-state index >= 15 is 0 Å². The molecule has 0 saturated heterocycles. The number of aliphatic hydroxyl groups is 1. The maximum Gasteiger partial charge on any atom is 0.165 e. The van der Waals surface area contributed by atoms with Crippen LogP contribution in [0.15, 0.2) is 24.3 Å². The lowest BCUT2D eigenvalue weighted by Gasteiger charge is -2.24. The molecule has 0 fully saturated rings. The average Bonchev–Trinajstić information content (AvgIpc) is 2.59. The first-order valence-corrected chi connectivity index (χ1v) is 7.31. The van der Waals surface area contributed by atoms with Crippen LogP contribution in [0.1, 0.15) is 48.9 Å². The van der Waals surface area contributed by atoms with Gasteiger partial charge in [0, 0.05) is 37.4 Å². The van der Waals surface area contributed by atoms with E-state index in [1.165, 1.54) is 0 Å². The summed E-state index contributed by atoms with van der Waals surface area (Å²) >= 11 is 0. The molecule has 1 aliphatic heterocycles. The number of aliphatic hydroxyl groups excluding tert-OH is 1. The van der Waals surface area contributed by atoms with Gasteiger partial charge in [0.25, 0.3) is 0 Å². The molecule has 3 nitrogen and oxygen atoms in total. The van der Waals surface area contributed by atoms with Crippen molar-refractivity contribution in [2.24, 2.45) is 0 Å². The van der Waals surface area contributed by atoms with Gasteiger partial charge in [0.15, 0.2) is 5.78 Å². The van der Waals surface area contributed by atoms with Crippen LogP contribution in [0.4, 0.5) is 5.69 Å². The summed E-state index contributed by atoms with van der Waals surface area (Å²) in [6, 6.07) is 7.96. The van der Waals surface area contributed by atoms with Crippen molar-refractivity contribution in [3.8, 4) is 0 Å². The normalized spacial score (nSPS) is 15.2. The van der Waals surface area contributed by atoms with E-state index in [0.717, 1.165) is 56.4 Å². The van der Waals surface area contributed by atoms with Crippen molar-refractivity contribution in [3.05, 3.63) is 29.8 Å². The molecule has 1 aromatic carbocycles. The van der Waals surface area contributed by atoms with Crippen LogP contribution >= 0.6 is 0 Å². The van der Waals surface area contributed by atoms with Gasteiger partial charge in [-0.2, -0.15) is 0 Å². The van der Waals surface area contributed by atoms with Crippen molar-refractivity contribution in [2.45, 2.75) is 38.5 Å². The zero-order valence-electron chi connectivity index (χ0n) is 11.5. The van der Waals surface area contributed by atoms with E-state index in [4.69, 9.17) is 5.11 Å². The third-order valence-electron chi connectivity index (χ3n) is 3.71. The van der Waals surface area contributed by atoms with Crippen LogP contribution in [-0.4, -0.2) is 30.6 Å². The molecule has 19 heavy (non-hydrogen) atoms. The molecule has 0 aliphatic carbocycles. The van der Waals surface area contributed by atoms with Gasteiger partial charge < -0.3 is 10.0 Å². The first-order valence-electron chi connectivity index (χ1n) is 7.31. The van der Waals surface area contributed by atoms with Crippen molar-refractivity contribution in [3.63, 3.8) is 0 Å². The van der Waals surface area contributed by atoms with Crippen molar-refractivity contribution < 1.29 is 9.90 Å². The maximum atomic E-state index is 12.0. The fourth-order valence-electron chi connectivity index (χ4n) is 2.67. The lowest BCUT2D eigenvalue weighted by molar-refractivity contribution is 0.0984. The van der Waals surface area contributed by atoms with Crippen LogP contribution in [0, 0.1) is 0 Å². The second kappa shape index (κ2) is 7.29. The number of carbonyl (C=O) groups excluding carboxylic acids is 1. The summed E-state index contributed by atoms with van der Waals surface area (Å²) in [7, 11) is 0. The summed E-state index contributed by atoms with van der Waals surface area (Å²) in [6.07, 6.45) is 5.87. The van der Waals surface area contributed by atoms with Crippen LogP contribution < -0.4 is 4.90 Å². The van der Waals surface area contributed by atoms with Gasteiger partial charge in [-0.15, -0.1) is 0 Å². The van der Waals surface area contributed by atoms with Crippen molar-refractivity contribution in [1.82, 2.24) is 0 Å². The number of Topliss-reactive ketones (excluding diaryl/α,β-unsaturated/α-hetero) is 1. The van der Waals surface area contributed by atoms with Gasteiger partial charge in [0.1, 0.15) is 0 Å². The van der Waals surface area contributed by atoms with Gasteiger partial charge in [0.05, 0.1) is 0 Å². The summed E-state index contributed by atoms with van der Waals surface area (Å²) in [5, 5.41) is 8.76. The van der Waals surface area contributed by atoms with Crippen LogP contribution in [0.3, 0.4) is 0 Å². The molecule has 3 heteroatoms. The van der Waals surface area contributed by atoms with Crippen molar-refractivity contribution in [1.29, 1.82) is 0 Å². The quantitative estimate of drug-likeness (QED) is 0.800. The lowest BCUT2D eigenvalue weighted by Crippen LogP contribution is -2.25. The van der Waals surface area contributed by atoms with Crippen LogP contribution in [0.25, 0.3) is 0 Å².